The lowest BCUT2D eigenvalue weighted by Gasteiger charge is -2.11. The number of carboxylic acid groups (broad SMARTS) is 1. The molecule has 0 bridgehead atoms. The number of benzene rings is 2. The van der Waals surface area contributed by atoms with Gasteiger partial charge in [0.25, 0.3) is 0 Å². The van der Waals surface area contributed by atoms with Crippen LogP contribution in [0.3, 0.4) is 0 Å². The first kappa shape index (κ1) is 20.9. The van der Waals surface area contributed by atoms with Gasteiger partial charge in [0.2, 0.25) is 0 Å². The number of phenolic OH excluding ortho intramolecular Hbond substituents is 1. The summed E-state index contributed by atoms with van der Waals surface area (Å²) in [5.41, 5.74) is 3.30. The second-order valence-corrected chi connectivity index (χ2v) is 7.22. The van der Waals surface area contributed by atoms with E-state index in [9.17, 15) is 9.90 Å². The van der Waals surface area contributed by atoms with Gasteiger partial charge in [-0.3, -0.25) is 4.79 Å². The first-order valence-electron chi connectivity index (χ1n) is 10.0. The van der Waals surface area contributed by atoms with Crippen LogP contribution in [0.25, 0.3) is 17.0 Å². The van der Waals surface area contributed by atoms with Crippen LogP contribution >= 0.6 is 0 Å². The second-order valence-electron chi connectivity index (χ2n) is 7.22. The molecule has 0 spiro atoms. The lowest BCUT2D eigenvalue weighted by atomic mass is 9.96. The van der Waals surface area contributed by atoms with Gasteiger partial charge in [-0.15, -0.1) is 11.0 Å². The summed E-state index contributed by atoms with van der Waals surface area (Å²) in [4.78, 5) is 15.6. The molecule has 0 fully saturated rings. The van der Waals surface area contributed by atoms with Gasteiger partial charge in [0.15, 0.2) is 11.5 Å². The zero-order valence-corrected chi connectivity index (χ0v) is 17.4. The van der Waals surface area contributed by atoms with E-state index in [1.165, 1.54) is 0 Å². The molecule has 0 aliphatic rings. The number of rotatable bonds is 7. The zero-order chi connectivity index (χ0) is 22.5. The molecular weight excluding hydrogens is 406 g/mol. The summed E-state index contributed by atoms with van der Waals surface area (Å²) in [6, 6.07) is 17.9. The Kier molecular flexibility index (Phi) is 6.04. The number of hydrogen-bond acceptors (Lipinski definition) is 5. The molecule has 0 saturated heterocycles. The molecule has 1 atom stereocenters. The lowest BCUT2D eigenvalue weighted by molar-refractivity contribution is -0.137. The number of aliphatic carboxylic acids is 1. The van der Waals surface area contributed by atoms with Crippen LogP contribution in [-0.4, -0.2) is 30.8 Å². The SMILES string of the molecule is CC#CC(CC(=O)O)c1ccc(OCc2ccc3nc(-c4ccc(O)cc4)nn3c2)cc1. The first-order chi connectivity index (χ1) is 15.5. The van der Waals surface area contributed by atoms with E-state index in [0.29, 0.717) is 23.8 Å². The van der Waals surface area contributed by atoms with Crippen LogP contribution in [0.2, 0.25) is 0 Å². The molecule has 0 saturated carbocycles. The van der Waals surface area contributed by atoms with Crippen molar-refractivity contribution >= 4 is 11.6 Å². The van der Waals surface area contributed by atoms with Crippen molar-refractivity contribution in [3.8, 4) is 34.7 Å². The van der Waals surface area contributed by atoms with Crippen LogP contribution in [0, 0.1) is 11.8 Å². The van der Waals surface area contributed by atoms with Gasteiger partial charge < -0.3 is 14.9 Å². The molecular formula is C25H21N3O4. The number of pyridine rings is 1. The van der Waals surface area contributed by atoms with E-state index in [4.69, 9.17) is 9.84 Å². The molecule has 32 heavy (non-hydrogen) atoms. The molecule has 0 aliphatic carbocycles. The Morgan fingerprint density at radius 2 is 1.84 bits per heavy atom. The molecule has 7 heteroatoms. The van der Waals surface area contributed by atoms with Gasteiger partial charge in [0.1, 0.15) is 18.1 Å². The third-order valence-electron chi connectivity index (χ3n) is 4.90. The molecule has 2 aromatic carbocycles. The maximum absolute atomic E-state index is 11.1. The number of fused-ring (bicyclic) bond motifs is 1. The lowest BCUT2D eigenvalue weighted by Crippen LogP contribution is -2.04. The van der Waals surface area contributed by atoms with Crippen LogP contribution in [0.15, 0.2) is 66.9 Å². The minimum absolute atomic E-state index is 0.0366. The fourth-order valence-corrected chi connectivity index (χ4v) is 3.31. The van der Waals surface area contributed by atoms with Crippen LogP contribution in [0.1, 0.15) is 30.4 Å². The average molecular weight is 427 g/mol. The molecule has 4 rings (SSSR count). The molecule has 2 aromatic heterocycles. The maximum atomic E-state index is 11.1. The third kappa shape index (κ3) is 4.87. The quantitative estimate of drug-likeness (QED) is 0.428. The minimum atomic E-state index is -0.879. The van der Waals surface area contributed by atoms with Gasteiger partial charge in [-0.25, -0.2) is 9.50 Å². The topological polar surface area (TPSA) is 97.0 Å². The summed E-state index contributed by atoms with van der Waals surface area (Å²) < 4.78 is 7.58. The molecule has 2 N–H and O–H groups in total. The Labute approximate surface area is 184 Å². The zero-order valence-electron chi connectivity index (χ0n) is 17.4. The number of phenols is 1. The summed E-state index contributed by atoms with van der Waals surface area (Å²) in [6.07, 6.45) is 1.82. The van der Waals surface area contributed by atoms with Crippen molar-refractivity contribution < 1.29 is 19.7 Å². The molecule has 4 aromatic rings. The number of hydrogen-bond donors (Lipinski definition) is 2. The normalized spacial score (nSPS) is 11.5. The first-order valence-corrected chi connectivity index (χ1v) is 10.0. The van der Waals surface area contributed by atoms with Crippen molar-refractivity contribution in [3.05, 3.63) is 78.0 Å². The van der Waals surface area contributed by atoms with E-state index in [1.54, 1.807) is 35.7 Å². The Bertz CT molecular complexity index is 1300. The number of ether oxygens (including phenoxy) is 1. The van der Waals surface area contributed by atoms with E-state index < -0.39 is 5.97 Å². The highest BCUT2D eigenvalue weighted by molar-refractivity contribution is 5.69. The van der Waals surface area contributed by atoms with Crippen molar-refractivity contribution in [1.29, 1.82) is 0 Å². The predicted octanol–water partition coefficient (Wildman–Crippen LogP) is 4.26. The minimum Gasteiger partial charge on any atom is -0.508 e. The summed E-state index contributed by atoms with van der Waals surface area (Å²) in [7, 11) is 0. The molecule has 0 amide bonds. The van der Waals surface area contributed by atoms with Gasteiger partial charge in [-0.05, 0) is 55.0 Å². The summed E-state index contributed by atoms with van der Waals surface area (Å²) >= 11 is 0. The summed E-state index contributed by atoms with van der Waals surface area (Å²) in [6.45, 7) is 2.04. The van der Waals surface area contributed by atoms with Gasteiger partial charge in [0.05, 0.1) is 12.3 Å². The monoisotopic (exact) mass is 427 g/mol. The van der Waals surface area contributed by atoms with Gasteiger partial charge in [-0.2, -0.15) is 0 Å². The van der Waals surface area contributed by atoms with Crippen molar-refractivity contribution in [2.24, 2.45) is 0 Å². The van der Waals surface area contributed by atoms with E-state index in [-0.39, 0.29) is 18.1 Å². The molecule has 1 unspecified atom stereocenters. The fourth-order valence-electron chi connectivity index (χ4n) is 3.31. The van der Waals surface area contributed by atoms with Gasteiger partial charge >= 0.3 is 5.97 Å². The molecule has 7 nitrogen and oxygen atoms in total. The number of aromatic hydroxyl groups is 1. The van der Waals surface area contributed by atoms with E-state index in [2.05, 4.69) is 21.9 Å². The molecule has 0 radical (unpaired) electrons. The molecule has 2 heterocycles. The van der Waals surface area contributed by atoms with E-state index in [1.807, 2.05) is 42.6 Å². The highest BCUT2D eigenvalue weighted by Gasteiger charge is 2.13. The van der Waals surface area contributed by atoms with Crippen LogP contribution in [-0.2, 0) is 11.4 Å². The standard InChI is InChI=1S/C25H21N3O4/c1-2-3-20(14-24(30)31)18-7-11-22(12-8-18)32-16-17-4-13-23-26-25(27-28(23)15-17)19-5-9-21(29)10-6-19/h4-13,15,20,29H,14,16H2,1H3,(H,30,31). The Balaban J connectivity index is 1.45. The van der Waals surface area contributed by atoms with Crippen LogP contribution in [0.5, 0.6) is 11.5 Å². The van der Waals surface area contributed by atoms with Crippen molar-refractivity contribution in [2.45, 2.75) is 25.9 Å². The summed E-state index contributed by atoms with van der Waals surface area (Å²) in [5.74, 6) is 5.96. The average Bonchev–Trinajstić information content (AvgIpc) is 3.21. The Morgan fingerprint density at radius 1 is 1.09 bits per heavy atom. The highest BCUT2D eigenvalue weighted by Crippen LogP contribution is 2.23. The largest absolute Gasteiger partial charge is 0.508 e. The highest BCUT2D eigenvalue weighted by atomic mass is 16.5. The number of carboxylic acids is 1. The Hall–Kier alpha value is -4.31. The predicted molar refractivity (Wildman–Crippen MR) is 119 cm³/mol. The summed E-state index contributed by atoms with van der Waals surface area (Å²) in [5, 5.41) is 23.0. The number of aromatic nitrogens is 3. The molecule has 160 valence electrons. The van der Waals surface area contributed by atoms with Gasteiger partial charge in [-0.1, -0.05) is 24.1 Å². The number of carbonyl (C=O) groups is 1. The Morgan fingerprint density at radius 3 is 2.53 bits per heavy atom. The number of nitrogens with zero attached hydrogens (tertiary/aromatic N) is 3. The fraction of sp³-hybridized carbons (Fsp3) is 0.160. The van der Waals surface area contributed by atoms with Crippen molar-refractivity contribution in [1.82, 2.24) is 14.6 Å². The van der Waals surface area contributed by atoms with Crippen LogP contribution in [0.4, 0.5) is 0 Å². The van der Waals surface area contributed by atoms with E-state index in [0.717, 1.165) is 16.7 Å². The van der Waals surface area contributed by atoms with Crippen molar-refractivity contribution in [2.75, 3.05) is 0 Å². The smallest absolute Gasteiger partial charge is 0.304 e. The van der Waals surface area contributed by atoms with Crippen molar-refractivity contribution in [3.63, 3.8) is 0 Å². The maximum Gasteiger partial charge on any atom is 0.304 e. The second kappa shape index (κ2) is 9.23. The van der Waals surface area contributed by atoms with Gasteiger partial charge in [0, 0.05) is 17.3 Å². The van der Waals surface area contributed by atoms with Crippen LogP contribution < -0.4 is 4.74 Å². The van der Waals surface area contributed by atoms with E-state index >= 15 is 0 Å². The third-order valence-corrected chi connectivity index (χ3v) is 4.90. The molecule has 0 aliphatic heterocycles.